The summed E-state index contributed by atoms with van der Waals surface area (Å²) in [5.41, 5.74) is 6.65. The molecule has 2 fully saturated rings. The van der Waals surface area contributed by atoms with Gasteiger partial charge in [0.25, 0.3) is 5.91 Å². The van der Waals surface area contributed by atoms with Crippen molar-refractivity contribution in [2.45, 2.75) is 36.9 Å². The second-order valence-corrected chi connectivity index (χ2v) is 8.46. The summed E-state index contributed by atoms with van der Waals surface area (Å²) in [6.07, 6.45) is -1.81. The van der Waals surface area contributed by atoms with Gasteiger partial charge in [-0.25, -0.2) is 14.6 Å². The Morgan fingerprint density at radius 1 is 1.09 bits per heavy atom. The van der Waals surface area contributed by atoms with Crippen molar-refractivity contribution in [3.8, 4) is 11.1 Å². The number of aliphatic carboxylic acids is 1. The van der Waals surface area contributed by atoms with Crippen LogP contribution in [-0.2, 0) is 23.9 Å². The number of ether oxygens (including phenoxy) is 2. The Kier molecular flexibility index (Phi) is 5.66. The van der Waals surface area contributed by atoms with Gasteiger partial charge in [0.2, 0.25) is 5.91 Å². The molecule has 2 aromatic carbocycles. The second-order valence-electron chi connectivity index (χ2n) is 8.46. The van der Waals surface area contributed by atoms with Gasteiger partial charge in [0.15, 0.2) is 12.1 Å². The quantitative estimate of drug-likeness (QED) is 0.608. The van der Waals surface area contributed by atoms with Crippen molar-refractivity contribution >= 4 is 23.9 Å². The second kappa shape index (κ2) is 8.79. The van der Waals surface area contributed by atoms with Crippen molar-refractivity contribution in [2.24, 2.45) is 0 Å². The lowest BCUT2D eigenvalue weighted by atomic mass is 9.98. The van der Waals surface area contributed by atoms with E-state index < -0.39 is 42.1 Å². The van der Waals surface area contributed by atoms with Gasteiger partial charge >= 0.3 is 12.1 Å². The van der Waals surface area contributed by atoms with Crippen LogP contribution in [0.15, 0.2) is 48.5 Å². The highest BCUT2D eigenvalue weighted by atomic mass is 16.6. The number of benzene rings is 2. The first-order chi connectivity index (χ1) is 16.4. The number of carboxylic acids is 1. The molecular formula is C24H23N3O7. The lowest BCUT2D eigenvalue weighted by Crippen LogP contribution is -2.55. The average Bonchev–Trinajstić information content (AvgIpc) is 3.53. The van der Waals surface area contributed by atoms with Crippen LogP contribution in [0.2, 0.25) is 0 Å². The third-order valence-corrected chi connectivity index (χ3v) is 6.44. The number of hydrazine groups is 1. The minimum absolute atomic E-state index is 0.105. The van der Waals surface area contributed by atoms with Crippen LogP contribution in [0.1, 0.15) is 29.9 Å². The van der Waals surface area contributed by atoms with E-state index in [0.717, 1.165) is 27.3 Å². The first-order valence-corrected chi connectivity index (χ1v) is 11.0. The zero-order valence-electron chi connectivity index (χ0n) is 18.1. The summed E-state index contributed by atoms with van der Waals surface area (Å²) in [6.45, 7) is 0.319. The van der Waals surface area contributed by atoms with Gasteiger partial charge < -0.3 is 19.9 Å². The zero-order valence-corrected chi connectivity index (χ0v) is 18.1. The fraction of sp³-hybridized carbons (Fsp3) is 0.333. The number of hydrogen-bond donors (Lipinski definition) is 3. The van der Waals surface area contributed by atoms with E-state index in [0.29, 0.717) is 6.42 Å². The van der Waals surface area contributed by atoms with Gasteiger partial charge in [-0.2, -0.15) is 0 Å². The molecule has 3 aliphatic rings. The van der Waals surface area contributed by atoms with Gasteiger partial charge in [-0.05, 0) is 28.7 Å². The Hall–Kier alpha value is -3.92. The molecule has 1 aliphatic carbocycles. The molecule has 1 unspecified atom stereocenters. The Labute approximate surface area is 194 Å². The number of amides is 3. The molecule has 2 aliphatic heterocycles. The third-order valence-electron chi connectivity index (χ3n) is 6.44. The number of nitrogens with zero attached hydrogens (tertiary/aromatic N) is 1. The zero-order chi connectivity index (χ0) is 23.8. The van der Waals surface area contributed by atoms with Gasteiger partial charge in [-0.3, -0.25) is 15.0 Å². The maximum atomic E-state index is 12.9. The molecule has 2 saturated heterocycles. The minimum Gasteiger partial charge on any atom is -0.480 e. The summed E-state index contributed by atoms with van der Waals surface area (Å²) in [7, 11) is 0. The SMILES string of the molecule is O=C1CC(C(=O)O)N(C(=O)[C@H]2OCC[C@H]2NC(=O)OCC2c3ccccc3-c3ccccc32)N1. The molecule has 5 rings (SSSR count). The van der Waals surface area contributed by atoms with Crippen molar-refractivity contribution in [3.63, 3.8) is 0 Å². The van der Waals surface area contributed by atoms with Gasteiger partial charge in [0, 0.05) is 12.5 Å². The highest BCUT2D eigenvalue weighted by Gasteiger charge is 2.46. The molecule has 0 aromatic heterocycles. The van der Waals surface area contributed by atoms with Gasteiger partial charge in [0.05, 0.1) is 12.5 Å². The largest absolute Gasteiger partial charge is 0.480 e. The van der Waals surface area contributed by atoms with E-state index in [9.17, 15) is 24.3 Å². The molecular weight excluding hydrogens is 442 g/mol. The van der Waals surface area contributed by atoms with Crippen molar-refractivity contribution in [1.29, 1.82) is 0 Å². The number of carbonyl (C=O) groups excluding carboxylic acids is 3. The molecule has 3 amide bonds. The Morgan fingerprint density at radius 3 is 2.38 bits per heavy atom. The number of rotatable bonds is 5. The molecule has 2 heterocycles. The van der Waals surface area contributed by atoms with Crippen molar-refractivity contribution < 1.29 is 33.8 Å². The van der Waals surface area contributed by atoms with E-state index in [1.54, 1.807) is 0 Å². The van der Waals surface area contributed by atoms with Crippen LogP contribution < -0.4 is 10.7 Å². The number of carbonyl (C=O) groups is 4. The number of fused-ring (bicyclic) bond motifs is 3. The summed E-state index contributed by atoms with van der Waals surface area (Å²) < 4.78 is 11.0. The average molecular weight is 465 g/mol. The molecule has 2 aromatic rings. The molecule has 0 bridgehead atoms. The molecule has 3 atom stereocenters. The van der Waals surface area contributed by atoms with Crippen molar-refractivity contribution in [3.05, 3.63) is 59.7 Å². The first-order valence-electron chi connectivity index (χ1n) is 11.0. The maximum absolute atomic E-state index is 12.9. The normalized spacial score (nSPS) is 23.2. The number of alkyl carbamates (subject to hydrolysis) is 1. The fourth-order valence-electron chi connectivity index (χ4n) is 4.84. The van der Waals surface area contributed by atoms with Gasteiger partial charge in [-0.15, -0.1) is 0 Å². The van der Waals surface area contributed by atoms with Crippen LogP contribution in [0.5, 0.6) is 0 Å². The summed E-state index contributed by atoms with van der Waals surface area (Å²) in [6, 6.07) is 13.9. The molecule has 0 radical (unpaired) electrons. The molecule has 3 N–H and O–H groups in total. The predicted molar refractivity (Wildman–Crippen MR) is 117 cm³/mol. The van der Waals surface area contributed by atoms with Crippen LogP contribution >= 0.6 is 0 Å². The predicted octanol–water partition coefficient (Wildman–Crippen LogP) is 1.40. The molecule has 10 heteroatoms. The maximum Gasteiger partial charge on any atom is 0.407 e. The summed E-state index contributed by atoms with van der Waals surface area (Å²) in [5.74, 6) is -2.70. The highest BCUT2D eigenvalue weighted by molar-refractivity contribution is 5.95. The smallest absolute Gasteiger partial charge is 0.407 e. The molecule has 176 valence electrons. The number of carboxylic acid groups (broad SMARTS) is 1. The van der Waals surface area contributed by atoms with E-state index in [-0.39, 0.29) is 25.6 Å². The van der Waals surface area contributed by atoms with Gasteiger partial charge in [0.1, 0.15) is 6.61 Å². The van der Waals surface area contributed by atoms with E-state index in [4.69, 9.17) is 9.47 Å². The number of hydrogen-bond acceptors (Lipinski definition) is 6. The van der Waals surface area contributed by atoms with Crippen LogP contribution in [0.3, 0.4) is 0 Å². The van der Waals surface area contributed by atoms with E-state index in [2.05, 4.69) is 10.7 Å². The summed E-state index contributed by atoms with van der Waals surface area (Å²) in [5, 5.41) is 12.7. The lowest BCUT2D eigenvalue weighted by molar-refractivity contribution is -0.155. The summed E-state index contributed by atoms with van der Waals surface area (Å²) >= 11 is 0. The van der Waals surface area contributed by atoms with Crippen LogP contribution in [-0.4, -0.2) is 65.4 Å². The first kappa shape index (κ1) is 21.9. The van der Waals surface area contributed by atoms with E-state index in [1.807, 2.05) is 48.5 Å². The highest BCUT2D eigenvalue weighted by Crippen LogP contribution is 2.44. The number of nitrogens with one attached hydrogen (secondary N) is 2. The Bertz CT molecular complexity index is 1120. The molecule has 34 heavy (non-hydrogen) atoms. The topological polar surface area (TPSA) is 134 Å². The molecule has 0 saturated carbocycles. The fourth-order valence-corrected chi connectivity index (χ4v) is 4.84. The van der Waals surface area contributed by atoms with Crippen molar-refractivity contribution in [2.75, 3.05) is 13.2 Å². The standard InChI is InChI=1S/C24H23N3O7/c28-20-11-19(23(30)31)27(26-20)22(29)21-18(9-10-33-21)25-24(32)34-12-17-15-7-3-1-5-13(15)14-6-2-4-8-16(14)17/h1-8,17-19,21H,9-12H2,(H,25,32)(H,26,28)(H,30,31)/t18-,19?,21+/m1/s1. The third kappa shape index (κ3) is 3.86. The van der Waals surface area contributed by atoms with Crippen LogP contribution in [0.25, 0.3) is 11.1 Å². The Balaban J connectivity index is 1.23. The van der Waals surface area contributed by atoms with Gasteiger partial charge in [-0.1, -0.05) is 48.5 Å². The Morgan fingerprint density at radius 2 is 1.74 bits per heavy atom. The van der Waals surface area contributed by atoms with E-state index in [1.165, 1.54) is 0 Å². The van der Waals surface area contributed by atoms with Crippen LogP contribution in [0, 0.1) is 0 Å². The molecule has 10 nitrogen and oxygen atoms in total. The lowest BCUT2D eigenvalue weighted by Gasteiger charge is -2.26. The summed E-state index contributed by atoms with van der Waals surface area (Å²) in [4.78, 5) is 48.5. The van der Waals surface area contributed by atoms with E-state index >= 15 is 0 Å². The monoisotopic (exact) mass is 465 g/mol. The van der Waals surface area contributed by atoms with Crippen molar-refractivity contribution in [1.82, 2.24) is 15.8 Å². The minimum atomic E-state index is -1.32. The van der Waals surface area contributed by atoms with Crippen LogP contribution in [0.4, 0.5) is 4.79 Å². The molecule has 0 spiro atoms.